The third-order valence-corrected chi connectivity index (χ3v) is 5.22. The fourth-order valence-corrected chi connectivity index (χ4v) is 3.67. The first-order chi connectivity index (χ1) is 13.4. The van der Waals surface area contributed by atoms with Gasteiger partial charge in [-0.05, 0) is 31.7 Å². The maximum Gasteiger partial charge on any atom is 0.327 e. The molecular weight excluding hydrogens is 362 g/mol. The Hall–Kier alpha value is -2.90. The van der Waals surface area contributed by atoms with Crippen LogP contribution >= 0.6 is 0 Å². The SMILES string of the molecule is C[C@H](OC(=O)CN1C(=O)NC2(CCCC2)C1=O)C(=O)NCCc1ccccc1. The van der Waals surface area contributed by atoms with Gasteiger partial charge in [-0.3, -0.25) is 19.3 Å². The van der Waals surface area contributed by atoms with Crippen LogP contribution in [0.25, 0.3) is 0 Å². The molecule has 1 aliphatic carbocycles. The first-order valence-electron chi connectivity index (χ1n) is 9.56. The van der Waals surface area contributed by atoms with E-state index in [-0.39, 0.29) is 5.91 Å². The minimum absolute atomic E-state index is 0.382. The molecule has 3 rings (SSSR count). The van der Waals surface area contributed by atoms with Crippen LogP contribution in [-0.2, 0) is 25.5 Å². The van der Waals surface area contributed by atoms with Crippen molar-refractivity contribution in [3.05, 3.63) is 35.9 Å². The zero-order chi connectivity index (χ0) is 20.1. The second-order valence-corrected chi connectivity index (χ2v) is 7.27. The van der Waals surface area contributed by atoms with Gasteiger partial charge >= 0.3 is 12.0 Å². The fourth-order valence-electron chi connectivity index (χ4n) is 3.67. The second-order valence-electron chi connectivity index (χ2n) is 7.27. The maximum atomic E-state index is 12.5. The van der Waals surface area contributed by atoms with Gasteiger partial charge in [0.2, 0.25) is 0 Å². The van der Waals surface area contributed by atoms with E-state index in [9.17, 15) is 19.2 Å². The average Bonchev–Trinajstić information content (AvgIpc) is 3.23. The summed E-state index contributed by atoms with van der Waals surface area (Å²) < 4.78 is 5.10. The molecule has 28 heavy (non-hydrogen) atoms. The minimum Gasteiger partial charge on any atom is -0.451 e. The van der Waals surface area contributed by atoms with E-state index in [2.05, 4.69) is 10.6 Å². The smallest absolute Gasteiger partial charge is 0.327 e. The normalized spacial score (nSPS) is 18.8. The van der Waals surface area contributed by atoms with Crippen molar-refractivity contribution in [2.45, 2.75) is 50.7 Å². The number of nitrogens with one attached hydrogen (secondary N) is 2. The molecule has 0 bridgehead atoms. The molecule has 2 N–H and O–H groups in total. The Balaban J connectivity index is 1.44. The molecule has 8 heteroatoms. The van der Waals surface area contributed by atoms with E-state index in [1.54, 1.807) is 0 Å². The van der Waals surface area contributed by atoms with Crippen LogP contribution in [0.1, 0.15) is 38.2 Å². The van der Waals surface area contributed by atoms with Crippen molar-refractivity contribution >= 4 is 23.8 Å². The Morgan fingerprint density at radius 3 is 2.57 bits per heavy atom. The Kier molecular flexibility index (Phi) is 5.96. The fraction of sp³-hybridized carbons (Fsp3) is 0.500. The molecule has 1 atom stereocenters. The van der Waals surface area contributed by atoms with Crippen LogP contribution in [0, 0.1) is 0 Å². The molecule has 1 aromatic rings. The predicted octanol–water partition coefficient (Wildman–Crippen LogP) is 1.14. The summed E-state index contributed by atoms with van der Waals surface area (Å²) in [5.41, 5.74) is 0.226. The highest BCUT2D eigenvalue weighted by molar-refractivity contribution is 6.08. The standard InChI is InChI=1S/C20H25N3O5/c1-14(17(25)21-12-9-15-7-3-2-4-8-15)28-16(24)13-23-18(26)20(22-19(23)27)10-5-6-11-20/h2-4,7-8,14H,5-6,9-13H2,1H3,(H,21,25)(H,22,27)/t14-/m0/s1. The highest BCUT2D eigenvalue weighted by Crippen LogP contribution is 2.34. The second kappa shape index (κ2) is 8.41. The molecule has 2 aliphatic rings. The van der Waals surface area contributed by atoms with Crippen molar-refractivity contribution in [2.24, 2.45) is 0 Å². The van der Waals surface area contributed by atoms with Gasteiger partial charge in [0.05, 0.1) is 0 Å². The molecule has 1 saturated carbocycles. The van der Waals surface area contributed by atoms with Crippen LogP contribution in [0.4, 0.5) is 4.79 Å². The number of carbonyl (C=O) groups is 4. The number of hydrogen-bond acceptors (Lipinski definition) is 5. The van der Waals surface area contributed by atoms with E-state index in [4.69, 9.17) is 4.74 Å². The maximum absolute atomic E-state index is 12.5. The van der Waals surface area contributed by atoms with Crippen LogP contribution in [0.5, 0.6) is 0 Å². The summed E-state index contributed by atoms with van der Waals surface area (Å²) in [6, 6.07) is 9.11. The summed E-state index contributed by atoms with van der Waals surface area (Å²) in [5, 5.41) is 5.42. The summed E-state index contributed by atoms with van der Waals surface area (Å²) in [7, 11) is 0. The predicted molar refractivity (Wildman–Crippen MR) is 100 cm³/mol. The molecular formula is C20H25N3O5. The molecule has 1 heterocycles. The lowest BCUT2D eigenvalue weighted by Crippen LogP contribution is -2.45. The highest BCUT2D eigenvalue weighted by atomic mass is 16.5. The van der Waals surface area contributed by atoms with Crippen molar-refractivity contribution in [1.82, 2.24) is 15.5 Å². The van der Waals surface area contributed by atoms with Crippen LogP contribution in [0.3, 0.4) is 0 Å². The first-order valence-corrected chi connectivity index (χ1v) is 9.56. The topological polar surface area (TPSA) is 105 Å². The Morgan fingerprint density at radius 1 is 1.21 bits per heavy atom. The number of carbonyl (C=O) groups excluding carboxylic acids is 4. The monoisotopic (exact) mass is 387 g/mol. The van der Waals surface area contributed by atoms with E-state index in [1.165, 1.54) is 6.92 Å². The molecule has 1 aromatic carbocycles. The van der Waals surface area contributed by atoms with Gasteiger partial charge in [-0.15, -0.1) is 0 Å². The van der Waals surface area contributed by atoms with Gasteiger partial charge in [0, 0.05) is 6.54 Å². The van der Waals surface area contributed by atoms with E-state index >= 15 is 0 Å². The highest BCUT2D eigenvalue weighted by Gasteiger charge is 2.52. The number of amides is 4. The quantitative estimate of drug-likeness (QED) is 0.539. The third-order valence-electron chi connectivity index (χ3n) is 5.22. The zero-order valence-corrected chi connectivity index (χ0v) is 15.9. The number of rotatable bonds is 7. The lowest BCUT2D eigenvalue weighted by Gasteiger charge is -2.20. The average molecular weight is 387 g/mol. The molecule has 150 valence electrons. The van der Waals surface area contributed by atoms with Crippen LogP contribution in [0.15, 0.2) is 30.3 Å². The van der Waals surface area contributed by atoms with Crippen LogP contribution in [0.2, 0.25) is 0 Å². The summed E-state index contributed by atoms with van der Waals surface area (Å²) in [5.74, 6) is -1.59. The number of ether oxygens (including phenoxy) is 1. The number of urea groups is 1. The van der Waals surface area contributed by atoms with E-state index in [0.717, 1.165) is 23.3 Å². The number of esters is 1. The van der Waals surface area contributed by atoms with Crippen molar-refractivity contribution in [3.8, 4) is 0 Å². The summed E-state index contributed by atoms with van der Waals surface area (Å²) in [6.07, 6.45) is 2.56. The van der Waals surface area contributed by atoms with Crippen molar-refractivity contribution in [1.29, 1.82) is 0 Å². The minimum atomic E-state index is -1.01. The molecule has 1 aliphatic heterocycles. The molecule has 4 amide bonds. The summed E-state index contributed by atoms with van der Waals surface area (Å²) >= 11 is 0. The number of nitrogens with zero attached hydrogens (tertiary/aromatic N) is 1. The van der Waals surface area contributed by atoms with Gasteiger partial charge < -0.3 is 15.4 Å². The molecule has 0 unspecified atom stereocenters. The van der Waals surface area contributed by atoms with Gasteiger partial charge in [-0.25, -0.2) is 4.79 Å². The van der Waals surface area contributed by atoms with Crippen LogP contribution in [-0.4, -0.2) is 53.4 Å². The first kappa shape index (κ1) is 19.9. The largest absolute Gasteiger partial charge is 0.451 e. The van der Waals surface area contributed by atoms with Gasteiger partial charge in [-0.2, -0.15) is 0 Å². The van der Waals surface area contributed by atoms with Crippen LogP contribution < -0.4 is 10.6 Å². The van der Waals surface area contributed by atoms with Crippen molar-refractivity contribution in [2.75, 3.05) is 13.1 Å². The molecule has 2 fully saturated rings. The van der Waals surface area contributed by atoms with E-state index in [1.807, 2.05) is 30.3 Å². The number of imide groups is 1. The Morgan fingerprint density at radius 2 is 1.89 bits per heavy atom. The van der Waals surface area contributed by atoms with Gasteiger partial charge in [-0.1, -0.05) is 43.2 Å². The summed E-state index contributed by atoms with van der Waals surface area (Å²) in [4.78, 5) is 49.7. The molecule has 8 nitrogen and oxygen atoms in total. The number of hydrogen-bond donors (Lipinski definition) is 2. The Bertz CT molecular complexity index is 758. The van der Waals surface area contributed by atoms with E-state index in [0.29, 0.717) is 25.8 Å². The van der Waals surface area contributed by atoms with Crippen molar-refractivity contribution in [3.63, 3.8) is 0 Å². The summed E-state index contributed by atoms with van der Waals surface area (Å²) in [6.45, 7) is 1.38. The van der Waals surface area contributed by atoms with Gasteiger partial charge in [0.1, 0.15) is 12.1 Å². The third kappa shape index (κ3) is 4.32. The van der Waals surface area contributed by atoms with Gasteiger partial charge in [0.15, 0.2) is 6.10 Å². The van der Waals surface area contributed by atoms with Gasteiger partial charge in [0.25, 0.3) is 11.8 Å². The molecule has 1 spiro atoms. The van der Waals surface area contributed by atoms with E-state index < -0.39 is 36.1 Å². The molecule has 0 radical (unpaired) electrons. The van der Waals surface area contributed by atoms with Crippen molar-refractivity contribution < 1.29 is 23.9 Å². The molecule has 0 aromatic heterocycles. The zero-order valence-electron chi connectivity index (χ0n) is 15.9. The Labute approximate surface area is 163 Å². The molecule has 1 saturated heterocycles. The lowest BCUT2D eigenvalue weighted by molar-refractivity contribution is -0.156. The number of benzene rings is 1. The lowest BCUT2D eigenvalue weighted by atomic mass is 9.98.